The molecule has 0 spiro atoms. The zero-order chi connectivity index (χ0) is 17.0. The summed E-state index contributed by atoms with van der Waals surface area (Å²) in [6.45, 7) is 0. The molecule has 24 heavy (non-hydrogen) atoms. The Labute approximate surface area is 137 Å². The van der Waals surface area contributed by atoms with Crippen LogP contribution in [0.2, 0.25) is 0 Å². The summed E-state index contributed by atoms with van der Waals surface area (Å²) in [4.78, 5) is 20.7. The van der Waals surface area contributed by atoms with Gasteiger partial charge in [0.05, 0.1) is 0 Å². The van der Waals surface area contributed by atoms with Crippen LogP contribution < -0.4 is 4.52 Å². The number of phenols is 3. The molecule has 2 aromatic carbocycles. The van der Waals surface area contributed by atoms with Crippen LogP contribution in [0.25, 0.3) is 0 Å². The van der Waals surface area contributed by atoms with Gasteiger partial charge in [0.2, 0.25) is 0 Å². The first-order valence-corrected chi connectivity index (χ1v) is 7.71. The molecule has 0 aliphatic carbocycles. The highest BCUT2D eigenvalue weighted by Gasteiger charge is 2.18. The van der Waals surface area contributed by atoms with Crippen molar-refractivity contribution in [2.75, 3.05) is 0 Å². The average molecular weight is 355 g/mol. The Hall–Kier alpha value is -2.67. The average Bonchev–Trinajstić information content (AvgIpc) is 2.45. The summed E-state index contributed by atoms with van der Waals surface area (Å²) in [5, 5.41) is 28.5. The van der Waals surface area contributed by atoms with Crippen LogP contribution in [0.15, 0.2) is 36.4 Å². The van der Waals surface area contributed by atoms with Crippen LogP contribution in [-0.4, -0.2) is 31.5 Å². The second-order valence-electron chi connectivity index (χ2n) is 4.76. The summed E-state index contributed by atoms with van der Waals surface area (Å²) in [7, 11) is -2.73. The summed E-state index contributed by atoms with van der Waals surface area (Å²) >= 11 is 0. The number of aryl methyl sites for hydroxylation is 1. The monoisotopic (exact) mass is 355 g/mol. The molecule has 0 radical (unpaired) electrons. The fraction of sp³-hybridized carbons (Fsp3) is 0.133. The Bertz CT molecular complexity index is 719. The Balaban J connectivity index is 0.00000288. The van der Waals surface area contributed by atoms with Crippen molar-refractivity contribution in [3.63, 3.8) is 0 Å². The van der Waals surface area contributed by atoms with Crippen LogP contribution >= 0.6 is 8.25 Å². The van der Waals surface area contributed by atoms with Gasteiger partial charge in [-0.1, -0.05) is 12.1 Å². The molecular weight excluding hydrogens is 339 g/mol. The maximum Gasteiger partial charge on any atom is 0.747 e. The van der Waals surface area contributed by atoms with Gasteiger partial charge >= 0.3 is 8.25 Å². The van der Waals surface area contributed by atoms with Gasteiger partial charge in [-0.3, -0.25) is 4.79 Å². The summed E-state index contributed by atoms with van der Waals surface area (Å²) in [5.41, 5.74) is 0.539. The third kappa shape index (κ3) is 4.92. The van der Waals surface area contributed by atoms with E-state index >= 15 is 0 Å². The topological polar surface area (TPSA) is 156 Å². The molecule has 0 bridgehead atoms. The van der Waals surface area contributed by atoms with Gasteiger partial charge in [-0.2, -0.15) is 0 Å². The van der Waals surface area contributed by atoms with Gasteiger partial charge in [-0.05, 0) is 24.1 Å². The molecule has 0 amide bonds. The quantitative estimate of drug-likeness (QED) is 0.455. The molecule has 128 valence electrons. The predicted octanol–water partition coefficient (Wildman–Crippen LogP) is 1.82. The van der Waals surface area contributed by atoms with Gasteiger partial charge in [-0.25, -0.2) is 4.52 Å². The Kier molecular flexibility index (Phi) is 6.67. The molecule has 0 heterocycles. The third-order valence-electron chi connectivity index (χ3n) is 3.11. The van der Waals surface area contributed by atoms with E-state index in [-0.39, 0.29) is 29.0 Å². The number of ketones is 1. The van der Waals surface area contributed by atoms with Crippen LogP contribution in [-0.2, 0) is 11.0 Å². The van der Waals surface area contributed by atoms with E-state index in [0.29, 0.717) is 6.42 Å². The zero-order valence-corrected chi connectivity index (χ0v) is 13.2. The van der Waals surface area contributed by atoms with Crippen molar-refractivity contribution in [1.29, 1.82) is 0 Å². The van der Waals surface area contributed by atoms with Crippen molar-refractivity contribution < 1.29 is 39.6 Å². The maximum atomic E-state index is 12.1. The molecule has 2 aromatic rings. The summed E-state index contributed by atoms with van der Waals surface area (Å²) in [6, 6.07) is 8.23. The Morgan fingerprint density at radius 2 is 1.58 bits per heavy atom. The number of hydrogen-bond donors (Lipinski definition) is 4. The summed E-state index contributed by atoms with van der Waals surface area (Å²) in [6.07, 6.45) is 0.366. The van der Waals surface area contributed by atoms with Crippen molar-refractivity contribution in [2.24, 2.45) is 0 Å². The Morgan fingerprint density at radius 3 is 2.08 bits per heavy atom. The minimum absolute atomic E-state index is 0. The number of Topliss-reactive ketones (excluding diaryl/α,β-unsaturated/α-hetero) is 1. The van der Waals surface area contributed by atoms with Gasteiger partial charge in [0.1, 0.15) is 22.8 Å². The molecule has 0 saturated heterocycles. The first kappa shape index (κ1) is 19.4. The molecule has 9 heteroatoms. The third-order valence-corrected chi connectivity index (χ3v) is 3.47. The van der Waals surface area contributed by atoms with E-state index < -0.39 is 25.5 Å². The van der Waals surface area contributed by atoms with E-state index in [1.165, 1.54) is 12.1 Å². The van der Waals surface area contributed by atoms with E-state index in [9.17, 15) is 24.7 Å². The zero-order valence-electron chi connectivity index (χ0n) is 12.3. The second-order valence-corrected chi connectivity index (χ2v) is 5.41. The standard InChI is InChI=1S/C15H13O7P.H2O/c16-10-7-13(18)15(14(19)8-10)12(17)6-3-9-1-4-11(5-2-9)22-23(20)21;/h1-2,4-5,7-8H,3,6H2,(H3-,16,17,18,19,20,21);1H2/p+1. The lowest BCUT2D eigenvalue weighted by molar-refractivity contribution is 0.0977. The number of carbonyl (C=O) groups excluding carboxylic acids is 1. The minimum atomic E-state index is -2.73. The van der Waals surface area contributed by atoms with Crippen molar-refractivity contribution >= 4 is 14.0 Å². The van der Waals surface area contributed by atoms with Crippen LogP contribution in [0.5, 0.6) is 23.0 Å². The van der Waals surface area contributed by atoms with Gasteiger partial charge in [0.25, 0.3) is 0 Å². The van der Waals surface area contributed by atoms with Gasteiger partial charge in [0.15, 0.2) is 11.5 Å². The molecule has 1 unspecified atom stereocenters. The van der Waals surface area contributed by atoms with Crippen molar-refractivity contribution in [3.8, 4) is 23.0 Å². The highest BCUT2D eigenvalue weighted by Crippen LogP contribution is 2.33. The lowest BCUT2D eigenvalue weighted by atomic mass is 10.0. The smallest absolute Gasteiger partial charge is 0.508 e. The van der Waals surface area contributed by atoms with Crippen molar-refractivity contribution in [3.05, 3.63) is 47.5 Å². The van der Waals surface area contributed by atoms with E-state index in [0.717, 1.165) is 17.7 Å². The molecule has 0 saturated carbocycles. The lowest BCUT2D eigenvalue weighted by Gasteiger charge is -2.07. The summed E-state index contributed by atoms with van der Waals surface area (Å²) in [5.74, 6) is -1.54. The van der Waals surface area contributed by atoms with E-state index in [2.05, 4.69) is 4.52 Å². The first-order valence-electron chi connectivity index (χ1n) is 6.58. The van der Waals surface area contributed by atoms with E-state index in [4.69, 9.17) is 4.89 Å². The molecule has 0 aliphatic rings. The molecule has 0 aliphatic heterocycles. The van der Waals surface area contributed by atoms with E-state index in [1.807, 2.05) is 0 Å². The SMILES string of the molecule is O.O=C(CCc1ccc(O[P+](=O)O)cc1)c1c(O)cc(O)cc1O. The number of rotatable bonds is 6. The van der Waals surface area contributed by atoms with Crippen molar-refractivity contribution in [2.45, 2.75) is 12.8 Å². The molecular formula is C15H16O8P+. The molecule has 0 fully saturated rings. The maximum absolute atomic E-state index is 12.1. The number of hydrogen-bond acceptors (Lipinski definition) is 6. The second kappa shape index (κ2) is 8.26. The van der Waals surface area contributed by atoms with Crippen LogP contribution in [0, 0.1) is 0 Å². The lowest BCUT2D eigenvalue weighted by Crippen LogP contribution is -2.02. The van der Waals surface area contributed by atoms with Crippen LogP contribution in [0.1, 0.15) is 22.3 Å². The predicted molar refractivity (Wildman–Crippen MR) is 84.6 cm³/mol. The molecule has 2 rings (SSSR count). The summed E-state index contributed by atoms with van der Waals surface area (Å²) < 4.78 is 15.1. The first-order chi connectivity index (χ1) is 10.9. The highest BCUT2D eigenvalue weighted by molar-refractivity contribution is 7.32. The van der Waals surface area contributed by atoms with E-state index in [1.54, 1.807) is 12.1 Å². The molecule has 1 atom stereocenters. The van der Waals surface area contributed by atoms with Crippen LogP contribution in [0.3, 0.4) is 0 Å². The van der Waals surface area contributed by atoms with Crippen molar-refractivity contribution in [1.82, 2.24) is 0 Å². The van der Waals surface area contributed by atoms with Gasteiger partial charge in [0, 0.05) is 23.1 Å². The molecule has 6 N–H and O–H groups in total. The Morgan fingerprint density at radius 1 is 1.04 bits per heavy atom. The number of carbonyl (C=O) groups is 1. The van der Waals surface area contributed by atoms with Gasteiger partial charge in [-0.15, -0.1) is 4.89 Å². The number of benzene rings is 2. The molecule has 8 nitrogen and oxygen atoms in total. The van der Waals surface area contributed by atoms with Gasteiger partial charge < -0.3 is 20.8 Å². The highest BCUT2D eigenvalue weighted by atomic mass is 31.1. The minimum Gasteiger partial charge on any atom is -0.508 e. The number of phenolic OH excluding ortho intramolecular Hbond substituents is 3. The normalized spacial score (nSPS) is 10.6. The van der Waals surface area contributed by atoms with Crippen LogP contribution in [0.4, 0.5) is 0 Å². The fourth-order valence-electron chi connectivity index (χ4n) is 2.07. The molecule has 0 aromatic heterocycles. The largest absolute Gasteiger partial charge is 0.747 e. The fourth-order valence-corrected chi connectivity index (χ4v) is 2.38. The number of aromatic hydroxyl groups is 3.